The molecule has 4 atom stereocenters. The Morgan fingerprint density at radius 1 is 1.03 bits per heavy atom. The minimum absolute atomic E-state index is 0.0318. The number of imide groups is 1. The Morgan fingerprint density at radius 2 is 1.72 bits per heavy atom. The van der Waals surface area contributed by atoms with E-state index in [-0.39, 0.29) is 47.8 Å². The van der Waals surface area contributed by atoms with Gasteiger partial charge in [-0.05, 0) is 30.7 Å². The molecule has 3 amide bonds. The molecule has 0 aromatic heterocycles. The van der Waals surface area contributed by atoms with E-state index in [0.717, 1.165) is 12.0 Å². The molecule has 2 bridgehead atoms. The van der Waals surface area contributed by atoms with Crippen LogP contribution in [0.1, 0.15) is 25.3 Å². The van der Waals surface area contributed by atoms with Crippen molar-refractivity contribution in [3.8, 4) is 0 Å². The van der Waals surface area contributed by atoms with Crippen LogP contribution in [0.3, 0.4) is 0 Å². The van der Waals surface area contributed by atoms with E-state index in [1.807, 2.05) is 37.3 Å². The van der Waals surface area contributed by atoms with Crippen LogP contribution in [0, 0.1) is 23.7 Å². The molecule has 3 aliphatic rings. The maximum absolute atomic E-state index is 12.8. The molecule has 4 unspecified atom stereocenters. The second-order valence-corrected chi connectivity index (χ2v) is 8.53. The van der Waals surface area contributed by atoms with Gasteiger partial charge in [-0.15, -0.1) is 0 Å². The van der Waals surface area contributed by atoms with Crippen molar-refractivity contribution in [2.75, 3.05) is 26.2 Å². The van der Waals surface area contributed by atoms with Gasteiger partial charge < -0.3 is 16.0 Å². The summed E-state index contributed by atoms with van der Waals surface area (Å²) in [4.78, 5) is 43.4. The third-order valence-electron chi connectivity index (χ3n) is 6.47. The minimum Gasteiger partial charge on any atom is -0.357 e. The second-order valence-electron chi connectivity index (χ2n) is 8.53. The van der Waals surface area contributed by atoms with E-state index in [4.69, 9.17) is 0 Å². The fourth-order valence-corrected chi connectivity index (χ4v) is 4.97. The van der Waals surface area contributed by atoms with Gasteiger partial charge >= 0.3 is 0 Å². The monoisotopic (exact) mass is 437 g/mol. The van der Waals surface area contributed by atoms with E-state index in [2.05, 4.69) is 33.1 Å². The van der Waals surface area contributed by atoms with Crippen LogP contribution < -0.4 is 16.0 Å². The third-order valence-corrected chi connectivity index (χ3v) is 6.47. The van der Waals surface area contributed by atoms with E-state index in [1.165, 1.54) is 4.90 Å². The molecular weight excluding hydrogens is 406 g/mol. The Hall–Kier alpha value is -3.16. The Labute approximate surface area is 188 Å². The molecule has 4 rings (SSSR count). The first-order chi connectivity index (χ1) is 15.6. The number of carbonyl (C=O) groups excluding carboxylic acids is 3. The number of likely N-dealkylation sites (tertiary alicyclic amines) is 1. The molecule has 2 aliphatic carbocycles. The number of carbonyl (C=O) groups is 3. The number of hydrogen-bond acceptors (Lipinski definition) is 4. The third kappa shape index (κ3) is 4.69. The molecule has 8 nitrogen and oxygen atoms in total. The highest BCUT2D eigenvalue weighted by molar-refractivity contribution is 6.06. The minimum atomic E-state index is -0.159. The van der Waals surface area contributed by atoms with Crippen molar-refractivity contribution in [3.05, 3.63) is 48.0 Å². The van der Waals surface area contributed by atoms with Gasteiger partial charge in [0.15, 0.2) is 5.96 Å². The first-order valence-corrected chi connectivity index (χ1v) is 11.4. The van der Waals surface area contributed by atoms with Crippen LogP contribution in [0.2, 0.25) is 0 Å². The average molecular weight is 438 g/mol. The van der Waals surface area contributed by atoms with Gasteiger partial charge in [0.1, 0.15) is 0 Å². The average Bonchev–Trinajstić information content (AvgIpc) is 3.48. The van der Waals surface area contributed by atoms with Crippen LogP contribution in [0.4, 0.5) is 0 Å². The Bertz CT molecular complexity index is 883. The summed E-state index contributed by atoms with van der Waals surface area (Å²) < 4.78 is 0. The van der Waals surface area contributed by atoms with Crippen molar-refractivity contribution in [1.82, 2.24) is 20.9 Å². The standard InChI is InChI=1S/C24H31N5O3/c1-2-25-24(26-11-10-19(30)28-15-16-6-4-3-5-7-16)27-12-13-29-22(31)20-17-8-9-18(14-17)21(20)23(29)32/h3-9,17-18,20-21H,2,10-15H2,1H3,(H,28,30)(H2,25,26,27). The first-order valence-electron chi connectivity index (χ1n) is 11.4. The largest absolute Gasteiger partial charge is 0.357 e. The Kier molecular flexibility index (Phi) is 6.87. The summed E-state index contributed by atoms with van der Waals surface area (Å²) in [5.41, 5.74) is 1.05. The van der Waals surface area contributed by atoms with E-state index < -0.39 is 0 Å². The van der Waals surface area contributed by atoms with Gasteiger partial charge in [-0.25, -0.2) is 0 Å². The number of rotatable bonds is 9. The lowest BCUT2D eigenvalue weighted by molar-refractivity contribution is -0.140. The molecular formula is C24H31N5O3. The SMILES string of the molecule is CCNC(=NCCC(=O)NCc1ccccc1)NCCN1C(=O)C2C3C=CC(C3)C2C1=O. The van der Waals surface area contributed by atoms with Crippen molar-refractivity contribution >= 4 is 23.7 Å². The molecule has 1 aromatic rings. The zero-order chi connectivity index (χ0) is 22.5. The highest BCUT2D eigenvalue weighted by Crippen LogP contribution is 2.52. The molecule has 0 radical (unpaired) electrons. The highest BCUT2D eigenvalue weighted by atomic mass is 16.2. The van der Waals surface area contributed by atoms with Gasteiger partial charge in [-0.1, -0.05) is 42.5 Å². The maximum atomic E-state index is 12.8. The molecule has 1 heterocycles. The smallest absolute Gasteiger partial charge is 0.233 e. The molecule has 2 fully saturated rings. The highest BCUT2D eigenvalue weighted by Gasteiger charge is 2.58. The second kappa shape index (κ2) is 9.97. The number of benzene rings is 1. The lowest BCUT2D eigenvalue weighted by atomic mass is 9.85. The molecule has 1 saturated heterocycles. The zero-order valence-corrected chi connectivity index (χ0v) is 18.4. The molecule has 0 spiro atoms. The summed E-state index contributed by atoms with van der Waals surface area (Å²) in [7, 11) is 0. The van der Waals surface area contributed by atoms with Gasteiger partial charge in [-0.3, -0.25) is 24.3 Å². The molecule has 1 aromatic carbocycles. The number of nitrogens with one attached hydrogen (secondary N) is 3. The van der Waals surface area contributed by atoms with Gasteiger partial charge in [0, 0.05) is 32.6 Å². The van der Waals surface area contributed by atoms with Crippen LogP contribution in [-0.2, 0) is 20.9 Å². The number of guanidine groups is 1. The predicted octanol–water partition coefficient (Wildman–Crippen LogP) is 1.06. The Morgan fingerprint density at radius 3 is 2.38 bits per heavy atom. The number of amides is 3. The maximum Gasteiger partial charge on any atom is 0.233 e. The summed E-state index contributed by atoms with van der Waals surface area (Å²) >= 11 is 0. The van der Waals surface area contributed by atoms with Crippen molar-refractivity contribution in [2.24, 2.45) is 28.7 Å². The normalized spacial score (nSPS) is 25.9. The number of allylic oxidation sites excluding steroid dienone is 2. The molecule has 1 saturated carbocycles. The number of hydrogen-bond donors (Lipinski definition) is 3. The summed E-state index contributed by atoms with van der Waals surface area (Å²) in [6.45, 7) is 4.22. The van der Waals surface area contributed by atoms with Crippen molar-refractivity contribution in [1.29, 1.82) is 0 Å². The number of aliphatic imine (C=N–C) groups is 1. The number of nitrogens with zero attached hydrogens (tertiary/aromatic N) is 2. The van der Waals surface area contributed by atoms with Gasteiger partial charge in [0.05, 0.1) is 18.4 Å². The lowest BCUT2D eigenvalue weighted by Gasteiger charge is -2.18. The fraction of sp³-hybridized carbons (Fsp3) is 0.500. The number of fused-ring (bicyclic) bond motifs is 5. The summed E-state index contributed by atoms with van der Waals surface area (Å²) in [6.07, 6.45) is 5.43. The molecule has 3 N–H and O–H groups in total. The summed E-state index contributed by atoms with van der Waals surface area (Å²) in [5, 5.41) is 9.19. The first kappa shape index (κ1) is 22.0. The predicted molar refractivity (Wildman–Crippen MR) is 121 cm³/mol. The zero-order valence-electron chi connectivity index (χ0n) is 18.4. The van der Waals surface area contributed by atoms with E-state index in [9.17, 15) is 14.4 Å². The van der Waals surface area contributed by atoms with E-state index in [0.29, 0.717) is 38.7 Å². The van der Waals surface area contributed by atoms with E-state index >= 15 is 0 Å². The van der Waals surface area contributed by atoms with Crippen LogP contribution >= 0.6 is 0 Å². The van der Waals surface area contributed by atoms with Gasteiger partial charge in [0.2, 0.25) is 17.7 Å². The van der Waals surface area contributed by atoms with Gasteiger partial charge in [0.25, 0.3) is 0 Å². The summed E-state index contributed by atoms with van der Waals surface area (Å²) in [5.74, 6) is 0.590. The Balaban J connectivity index is 1.20. The molecule has 8 heteroatoms. The van der Waals surface area contributed by atoms with Crippen LogP contribution in [0.25, 0.3) is 0 Å². The molecule has 32 heavy (non-hydrogen) atoms. The molecule has 1 aliphatic heterocycles. The van der Waals surface area contributed by atoms with Crippen molar-refractivity contribution in [3.63, 3.8) is 0 Å². The van der Waals surface area contributed by atoms with Crippen LogP contribution in [-0.4, -0.2) is 54.8 Å². The van der Waals surface area contributed by atoms with Crippen LogP contribution in [0.15, 0.2) is 47.5 Å². The quantitative estimate of drug-likeness (QED) is 0.232. The molecule has 170 valence electrons. The van der Waals surface area contributed by atoms with Crippen molar-refractivity contribution < 1.29 is 14.4 Å². The lowest BCUT2D eigenvalue weighted by Crippen LogP contribution is -2.43. The fourth-order valence-electron chi connectivity index (χ4n) is 4.97. The van der Waals surface area contributed by atoms with Crippen LogP contribution in [0.5, 0.6) is 0 Å². The summed E-state index contributed by atoms with van der Waals surface area (Å²) in [6, 6.07) is 9.76. The van der Waals surface area contributed by atoms with Crippen molar-refractivity contribution in [2.45, 2.75) is 26.3 Å². The van der Waals surface area contributed by atoms with Gasteiger partial charge in [-0.2, -0.15) is 0 Å². The topological polar surface area (TPSA) is 103 Å². The van der Waals surface area contributed by atoms with E-state index in [1.54, 1.807) is 0 Å².